The van der Waals surface area contributed by atoms with Crippen molar-refractivity contribution in [2.75, 3.05) is 12.3 Å². The molecule has 1 heterocycles. The van der Waals surface area contributed by atoms with Gasteiger partial charge < -0.3 is 10.5 Å². The fraction of sp³-hybridized carbons (Fsp3) is 0.250. The molecule has 0 spiro atoms. The van der Waals surface area contributed by atoms with Crippen LogP contribution in [0.15, 0.2) is 23.6 Å². The van der Waals surface area contributed by atoms with E-state index in [9.17, 15) is 0 Å². The van der Waals surface area contributed by atoms with E-state index in [1.165, 1.54) is 11.3 Å². The lowest BCUT2D eigenvalue weighted by atomic mass is 10.2. The number of nitrogens with zero attached hydrogens (tertiary/aromatic N) is 1. The summed E-state index contributed by atoms with van der Waals surface area (Å²) in [6.45, 7) is 2.55. The van der Waals surface area contributed by atoms with Crippen molar-refractivity contribution in [2.45, 2.75) is 13.3 Å². The Morgan fingerprint density at radius 3 is 3.00 bits per heavy atom. The van der Waals surface area contributed by atoms with Gasteiger partial charge in [0.1, 0.15) is 5.75 Å². The molecule has 17 heavy (non-hydrogen) atoms. The van der Waals surface area contributed by atoms with Crippen LogP contribution in [0.1, 0.15) is 11.3 Å². The first-order valence-corrected chi connectivity index (χ1v) is 6.50. The average molecular weight is 269 g/mol. The maximum Gasteiger partial charge on any atom is 0.180 e. The van der Waals surface area contributed by atoms with Gasteiger partial charge in [0.2, 0.25) is 0 Å². The molecule has 1 aromatic carbocycles. The van der Waals surface area contributed by atoms with Gasteiger partial charge in [0.05, 0.1) is 17.3 Å². The minimum absolute atomic E-state index is 0.548. The third-order valence-electron chi connectivity index (χ3n) is 2.27. The summed E-state index contributed by atoms with van der Waals surface area (Å²) < 4.78 is 5.62. The van der Waals surface area contributed by atoms with E-state index in [1.54, 1.807) is 0 Å². The van der Waals surface area contributed by atoms with E-state index in [0.717, 1.165) is 23.4 Å². The van der Waals surface area contributed by atoms with Crippen molar-refractivity contribution in [3.8, 4) is 5.75 Å². The van der Waals surface area contributed by atoms with Gasteiger partial charge in [-0.2, -0.15) is 0 Å². The molecule has 0 saturated carbocycles. The van der Waals surface area contributed by atoms with Crippen molar-refractivity contribution in [1.29, 1.82) is 0 Å². The maximum absolute atomic E-state index is 6.02. The molecule has 0 amide bonds. The highest BCUT2D eigenvalue weighted by molar-refractivity contribution is 7.13. The van der Waals surface area contributed by atoms with Gasteiger partial charge in [0.15, 0.2) is 5.13 Å². The second-order valence-electron chi connectivity index (χ2n) is 3.71. The molecule has 0 radical (unpaired) electrons. The Balaban J connectivity index is 1.91. The Labute approximate surface area is 109 Å². The topological polar surface area (TPSA) is 48.1 Å². The van der Waals surface area contributed by atoms with Crippen LogP contribution >= 0.6 is 22.9 Å². The fourth-order valence-corrected chi connectivity index (χ4v) is 2.19. The number of anilines is 1. The number of thiazole rings is 1. The normalized spacial score (nSPS) is 10.5. The quantitative estimate of drug-likeness (QED) is 0.925. The fourth-order valence-electron chi connectivity index (χ4n) is 1.42. The third kappa shape index (κ3) is 3.35. The van der Waals surface area contributed by atoms with Crippen LogP contribution in [0.3, 0.4) is 0 Å². The number of rotatable bonds is 4. The summed E-state index contributed by atoms with van der Waals surface area (Å²) in [5.41, 5.74) is 7.63. The monoisotopic (exact) mass is 268 g/mol. The second-order valence-corrected chi connectivity index (χ2v) is 5.01. The summed E-state index contributed by atoms with van der Waals surface area (Å²) >= 11 is 7.46. The van der Waals surface area contributed by atoms with Crippen LogP contribution in [0.4, 0.5) is 5.13 Å². The summed E-state index contributed by atoms with van der Waals surface area (Å²) in [6.07, 6.45) is 0.734. The van der Waals surface area contributed by atoms with Crippen molar-refractivity contribution in [3.63, 3.8) is 0 Å². The van der Waals surface area contributed by atoms with Crippen molar-refractivity contribution in [2.24, 2.45) is 0 Å². The highest BCUT2D eigenvalue weighted by Crippen LogP contribution is 2.25. The number of hydrogen-bond acceptors (Lipinski definition) is 4. The zero-order chi connectivity index (χ0) is 12.3. The SMILES string of the molecule is Cc1ccc(Cl)c(OCCc2csc(N)n2)c1. The van der Waals surface area contributed by atoms with E-state index < -0.39 is 0 Å². The van der Waals surface area contributed by atoms with E-state index in [0.29, 0.717) is 16.8 Å². The molecule has 0 bridgehead atoms. The Morgan fingerprint density at radius 2 is 2.29 bits per heavy atom. The number of halogens is 1. The van der Waals surface area contributed by atoms with Crippen LogP contribution < -0.4 is 10.5 Å². The lowest BCUT2D eigenvalue weighted by Gasteiger charge is -2.07. The second kappa shape index (κ2) is 5.38. The maximum atomic E-state index is 6.02. The van der Waals surface area contributed by atoms with Gasteiger partial charge in [-0.3, -0.25) is 0 Å². The van der Waals surface area contributed by atoms with Crippen molar-refractivity contribution < 1.29 is 4.74 Å². The summed E-state index contributed by atoms with van der Waals surface area (Å²) in [6, 6.07) is 5.72. The number of benzene rings is 1. The van der Waals surface area contributed by atoms with Crippen LogP contribution in [0, 0.1) is 6.92 Å². The molecule has 2 aromatic rings. The predicted molar refractivity (Wildman–Crippen MR) is 71.9 cm³/mol. The lowest BCUT2D eigenvalue weighted by Crippen LogP contribution is -2.02. The molecular formula is C12H13ClN2OS. The summed E-state index contributed by atoms with van der Waals surface area (Å²) in [5, 5.41) is 3.17. The zero-order valence-electron chi connectivity index (χ0n) is 9.44. The molecule has 0 unspecified atom stereocenters. The molecule has 90 valence electrons. The molecule has 5 heteroatoms. The van der Waals surface area contributed by atoms with E-state index in [4.69, 9.17) is 22.1 Å². The first-order chi connectivity index (χ1) is 8.15. The Hall–Kier alpha value is -1.26. The third-order valence-corrected chi connectivity index (χ3v) is 3.31. The highest BCUT2D eigenvalue weighted by Gasteiger charge is 2.03. The summed E-state index contributed by atoms with van der Waals surface area (Å²) in [4.78, 5) is 4.17. The van der Waals surface area contributed by atoms with Gasteiger partial charge in [0, 0.05) is 11.8 Å². The summed E-state index contributed by atoms with van der Waals surface area (Å²) in [7, 11) is 0. The Bertz CT molecular complexity index is 513. The van der Waals surface area contributed by atoms with Crippen LogP contribution in [-0.4, -0.2) is 11.6 Å². The van der Waals surface area contributed by atoms with Crippen molar-refractivity contribution >= 4 is 28.1 Å². The van der Waals surface area contributed by atoms with Gasteiger partial charge in [-0.25, -0.2) is 4.98 Å². The minimum atomic E-state index is 0.548. The number of nitrogens with two attached hydrogens (primary N) is 1. The van der Waals surface area contributed by atoms with Gasteiger partial charge in [0.25, 0.3) is 0 Å². The summed E-state index contributed by atoms with van der Waals surface area (Å²) in [5.74, 6) is 0.717. The average Bonchev–Trinajstić information content (AvgIpc) is 2.69. The molecule has 1 aromatic heterocycles. The molecule has 0 aliphatic rings. The van der Waals surface area contributed by atoms with Crippen LogP contribution in [-0.2, 0) is 6.42 Å². The predicted octanol–water partition coefficient (Wildman–Crippen LogP) is 3.31. The first-order valence-electron chi connectivity index (χ1n) is 5.24. The number of aryl methyl sites for hydroxylation is 1. The number of ether oxygens (including phenoxy) is 1. The first kappa shape index (κ1) is 12.2. The van der Waals surface area contributed by atoms with E-state index >= 15 is 0 Å². The lowest BCUT2D eigenvalue weighted by molar-refractivity contribution is 0.321. The molecule has 0 atom stereocenters. The van der Waals surface area contributed by atoms with E-state index in [-0.39, 0.29) is 0 Å². The van der Waals surface area contributed by atoms with Crippen molar-refractivity contribution in [3.05, 3.63) is 39.9 Å². The zero-order valence-corrected chi connectivity index (χ0v) is 11.0. The van der Waals surface area contributed by atoms with Crippen molar-refractivity contribution in [1.82, 2.24) is 4.98 Å². The van der Waals surface area contributed by atoms with E-state index in [2.05, 4.69) is 4.98 Å². The van der Waals surface area contributed by atoms with Crippen LogP contribution in [0.5, 0.6) is 5.75 Å². The van der Waals surface area contributed by atoms with E-state index in [1.807, 2.05) is 30.5 Å². The number of aromatic nitrogens is 1. The highest BCUT2D eigenvalue weighted by atomic mass is 35.5. The van der Waals surface area contributed by atoms with Gasteiger partial charge in [-0.05, 0) is 24.6 Å². The standard InChI is InChI=1S/C12H13ClN2OS/c1-8-2-3-10(13)11(6-8)16-5-4-9-7-17-12(14)15-9/h2-3,6-7H,4-5H2,1H3,(H2,14,15). The minimum Gasteiger partial charge on any atom is -0.492 e. The molecule has 0 fully saturated rings. The van der Waals surface area contributed by atoms with Gasteiger partial charge >= 0.3 is 0 Å². The Kier molecular flexibility index (Phi) is 3.86. The molecule has 0 aliphatic heterocycles. The number of nitrogen functional groups attached to an aromatic ring is 1. The van der Waals surface area contributed by atoms with Crippen LogP contribution in [0.2, 0.25) is 5.02 Å². The number of hydrogen-bond donors (Lipinski definition) is 1. The Morgan fingerprint density at radius 1 is 1.47 bits per heavy atom. The molecule has 0 saturated heterocycles. The molecular weight excluding hydrogens is 256 g/mol. The molecule has 3 nitrogen and oxygen atoms in total. The van der Waals surface area contributed by atoms with Crippen LogP contribution in [0.25, 0.3) is 0 Å². The van der Waals surface area contributed by atoms with Gasteiger partial charge in [-0.1, -0.05) is 17.7 Å². The smallest absolute Gasteiger partial charge is 0.180 e. The molecule has 2 N–H and O–H groups in total. The molecule has 2 rings (SSSR count). The molecule has 0 aliphatic carbocycles. The van der Waals surface area contributed by atoms with Gasteiger partial charge in [-0.15, -0.1) is 11.3 Å². The largest absolute Gasteiger partial charge is 0.492 e.